The summed E-state index contributed by atoms with van der Waals surface area (Å²) in [6.45, 7) is 5.14. The molecule has 1 rings (SSSR count). The van der Waals surface area contributed by atoms with Crippen LogP contribution in [0.3, 0.4) is 0 Å². The van der Waals surface area contributed by atoms with Crippen molar-refractivity contribution >= 4 is 27.8 Å². The molecule has 1 amide bonds. The van der Waals surface area contributed by atoms with Gasteiger partial charge in [0.15, 0.2) is 0 Å². The number of carboxylic acids is 1. The number of carbonyl (C=O) groups excluding carboxylic acids is 1. The van der Waals surface area contributed by atoms with Crippen LogP contribution in [0.1, 0.15) is 29.8 Å². The Labute approximate surface area is 115 Å². The van der Waals surface area contributed by atoms with Crippen LogP contribution in [0.25, 0.3) is 0 Å². The van der Waals surface area contributed by atoms with Crippen LogP contribution in [0.4, 0.5) is 0 Å². The number of nitrogens with one attached hydrogen (secondary N) is 1. The Morgan fingerprint density at radius 1 is 1.33 bits per heavy atom. The molecule has 1 aromatic carbocycles. The molecule has 0 aromatic heterocycles. The first-order chi connectivity index (χ1) is 8.32. The van der Waals surface area contributed by atoms with Gasteiger partial charge in [0.25, 0.3) is 5.91 Å². The van der Waals surface area contributed by atoms with E-state index in [1.54, 1.807) is 26.0 Å². The number of rotatable bonds is 4. The largest absolute Gasteiger partial charge is 0.481 e. The predicted molar refractivity (Wildman–Crippen MR) is 72.6 cm³/mol. The molecule has 1 aromatic rings. The van der Waals surface area contributed by atoms with Crippen LogP contribution in [0, 0.1) is 12.8 Å². The van der Waals surface area contributed by atoms with Crippen LogP contribution >= 0.6 is 15.9 Å². The summed E-state index contributed by atoms with van der Waals surface area (Å²) < 4.78 is 0.695. The third-order valence-electron chi connectivity index (χ3n) is 2.86. The number of aryl methyl sites for hydroxylation is 1. The molecule has 5 heteroatoms. The average Bonchev–Trinajstić information content (AvgIpc) is 2.30. The molecule has 4 nitrogen and oxygen atoms in total. The van der Waals surface area contributed by atoms with E-state index in [4.69, 9.17) is 5.11 Å². The van der Waals surface area contributed by atoms with E-state index in [9.17, 15) is 9.59 Å². The smallest absolute Gasteiger partial charge is 0.308 e. The molecule has 2 atom stereocenters. The van der Waals surface area contributed by atoms with E-state index in [2.05, 4.69) is 21.2 Å². The van der Waals surface area contributed by atoms with E-state index >= 15 is 0 Å². The highest BCUT2D eigenvalue weighted by Crippen LogP contribution is 2.18. The molecule has 98 valence electrons. The van der Waals surface area contributed by atoms with Gasteiger partial charge in [-0.25, -0.2) is 0 Å². The van der Waals surface area contributed by atoms with Crippen molar-refractivity contribution in [1.29, 1.82) is 0 Å². The van der Waals surface area contributed by atoms with E-state index in [1.165, 1.54) is 0 Å². The Morgan fingerprint density at radius 3 is 2.50 bits per heavy atom. The van der Waals surface area contributed by atoms with Gasteiger partial charge in [-0.05, 0) is 48.8 Å². The number of carboxylic acid groups (broad SMARTS) is 1. The molecule has 0 radical (unpaired) electrons. The maximum atomic E-state index is 12.0. The molecular weight excluding hydrogens is 298 g/mol. The molecule has 0 saturated heterocycles. The average molecular weight is 314 g/mol. The lowest BCUT2D eigenvalue weighted by atomic mass is 10.0. The van der Waals surface area contributed by atoms with Gasteiger partial charge < -0.3 is 10.4 Å². The Bertz CT molecular complexity index is 473. The fourth-order valence-electron chi connectivity index (χ4n) is 1.44. The van der Waals surface area contributed by atoms with Gasteiger partial charge in [0, 0.05) is 10.5 Å². The van der Waals surface area contributed by atoms with E-state index in [0.29, 0.717) is 10.0 Å². The topological polar surface area (TPSA) is 66.4 Å². The van der Waals surface area contributed by atoms with Crippen LogP contribution in [0.5, 0.6) is 0 Å². The minimum Gasteiger partial charge on any atom is -0.481 e. The second kappa shape index (κ2) is 6.00. The summed E-state index contributed by atoms with van der Waals surface area (Å²) in [7, 11) is 0. The molecule has 0 saturated carbocycles. The standard InChI is InChI=1S/C13H16BrNO3/c1-7-4-5-11(14)10(6-7)12(16)15-9(3)8(2)13(17)18/h4-6,8-9H,1-3H3,(H,15,16)(H,17,18). The zero-order valence-electron chi connectivity index (χ0n) is 10.5. The molecule has 0 fully saturated rings. The van der Waals surface area contributed by atoms with E-state index in [1.807, 2.05) is 13.0 Å². The molecule has 2 N–H and O–H groups in total. The molecule has 0 bridgehead atoms. The summed E-state index contributed by atoms with van der Waals surface area (Å²) in [4.78, 5) is 22.8. The molecule has 0 aliphatic rings. The number of aliphatic carboxylic acids is 1. The Morgan fingerprint density at radius 2 is 1.94 bits per heavy atom. The molecule has 0 aliphatic heterocycles. The van der Waals surface area contributed by atoms with Crippen LogP contribution < -0.4 is 5.32 Å². The lowest BCUT2D eigenvalue weighted by molar-refractivity contribution is -0.141. The molecule has 0 aliphatic carbocycles. The second-order valence-electron chi connectivity index (χ2n) is 4.37. The summed E-state index contributed by atoms with van der Waals surface area (Å²) in [5.74, 6) is -1.82. The minimum absolute atomic E-state index is 0.272. The van der Waals surface area contributed by atoms with Crippen LogP contribution in [0.15, 0.2) is 22.7 Å². The number of halogens is 1. The van der Waals surface area contributed by atoms with Gasteiger partial charge >= 0.3 is 5.97 Å². The molecule has 2 unspecified atom stereocenters. The van der Waals surface area contributed by atoms with Crippen LogP contribution in [-0.4, -0.2) is 23.0 Å². The van der Waals surface area contributed by atoms with Gasteiger partial charge in [0.1, 0.15) is 0 Å². The van der Waals surface area contributed by atoms with Crippen LogP contribution in [0.2, 0.25) is 0 Å². The third-order valence-corrected chi connectivity index (χ3v) is 3.56. The zero-order valence-corrected chi connectivity index (χ0v) is 12.1. The van der Waals surface area contributed by atoms with Crippen molar-refractivity contribution in [3.8, 4) is 0 Å². The summed E-state index contributed by atoms with van der Waals surface area (Å²) in [6, 6.07) is 5.03. The van der Waals surface area contributed by atoms with Crippen molar-refractivity contribution in [2.24, 2.45) is 5.92 Å². The predicted octanol–water partition coefficient (Wildman–Crippen LogP) is 2.60. The summed E-state index contributed by atoms with van der Waals surface area (Å²) in [5.41, 5.74) is 1.49. The second-order valence-corrected chi connectivity index (χ2v) is 5.23. The Hall–Kier alpha value is -1.36. The minimum atomic E-state index is -0.925. The first-order valence-corrected chi connectivity index (χ1v) is 6.42. The van der Waals surface area contributed by atoms with Crippen molar-refractivity contribution in [1.82, 2.24) is 5.32 Å². The maximum absolute atomic E-state index is 12.0. The van der Waals surface area contributed by atoms with Crippen molar-refractivity contribution < 1.29 is 14.7 Å². The van der Waals surface area contributed by atoms with Gasteiger partial charge in [-0.3, -0.25) is 9.59 Å². The van der Waals surface area contributed by atoms with Gasteiger partial charge in [-0.2, -0.15) is 0 Å². The lowest BCUT2D eigenvalue weighted by Gasteiger charge is -2.18. The van der Waals surface area contributed by atoms with Crippen molar-refractivity contribution in [3.63, 3.8) is 0 Å². The monoisotopic (exact) mass is 313 g/mol. The zero-order chi connectivity index (χ0) is 13.9. The van der Waals surface area contributed by atoms with Crippen molar-refractivity contribution in [2.45, 2.75) is 26.8 Å². The summed E-state index contributed by atoms with van der Waals surface area (Å²) in [6.07, 6.45) is 0. The van der Waals surface area contributed by atoms with Crippen LogP contribution in [-0.2, 0) is 4.79 Å². The number of benzene rings is 1. The SMILES string of the molecule is Cc1ccc(Br)c(C(=O)NC(C)C(C)C(=O)O)c1. The highest BCUT2D eigenvalue weighted by Gasteiger charge is 2.22. The fourth-order valence-corrected chi connectivity index (χ4v) is 1.86. The maximum Gasteiger partial charge on any atom is 0.308 e. The van der Waals surface area contributed by atoms with E-state index in [-0.39, 0.29) is 5.91 Å². The van der Waals surface area contributed by atoms with Gasteiger partial charge in [-0.1, -0.05) is 11.6 Å². The molecule has 0 spiro atoms. The summed E-state index contributed by atoms with van der Waals surface area (Å²) in [5, 5.41) is 11.6. The van der Waals surface area contributed by atoms with Crippen molar-refractivity contribution in [3.05, 3.63) is 33.8 Å². The Balaban J connectivity index is 2.82. The number of hydrogen-bond acceptors (Lipinski definition) is 2. The normalized spacial score (nSPS) is 13.8. The molecular formula is C13H16BrNO3. The fraction of sp³-hybridized carbons (Fsp3) is 0.385. The van der Waals surface area contributed by atoms with Gasteiger partial charge in [0.05, 0.1) is 11.5 Å². The molecule has 0 heterocycles. The first-order valence-electron chi connectivity index (χ1n) is 5.62. The summed E-state index contributed by atoms with van der Waals surface area (Å²) >= 11 is 3.31. The van der Waals surface area contributed by atoms with E-state index in [0.717, 1.165) is 5.56 Å². The van der Waals surface area contributed by atoms with Gasteiger partial charge in [-0.15, -0.1) is 0 Å². The number of carbonyl (C=O) groups is 2. The highest BCUT2D eigenvalue weighted by atomic mass is 79.9. The van der Waals surface area contributed by atoms with E-state index < -0.39 is 17.9 Å². The Kier molecular flexibility index (Phi) is 4.90. The lowest BCUT2D eigenvalue weighted by Crippen LogP contribution is -2.40. The van der Waals surface area contributed by atoms with Crippen molar-refractivity contribution in [2.75, 3.05) is 0 Å². The third kappa shape index (κ3) is 3.57. The number of hydrogen-bond donors (Lipinski definition) is 2. The quantitative estimate of drug-likeness (QED) is 0.898. The van der Waals surface area contributed by atoms with Gasteiger partial charge in [0.2, 0.25) is 0 Å². The highest BCUT2D eigenvalue weighted by molar-refractivity contribution is 9.10. The number of amides is 1. The first kappa shape index (κ1) is 14.7. The molecule has 18 heavy (non-hydrogen) atoms.